The lowest BCUT2D eigenvalue weighted by Gasteiger charge is -2.42. The van der Waals surface area contributed by atoms with Gasteiger partial charge in [-0.25, -0.2) is 0 Å². The highest BCUT2D eigenvalue weighted by Crippen LogP contribution is 2.41. The molecule has 1 nitrogen and oxygen atoms in total. The Labute approximate surface area is 117 Å². The van der Waals surface area contributed by atoms with E-state index in [4.69, 9.17) is 0 Å². The molecule has 0 saturated heterocycles. The molecule has 0 aromatic heterocycles. The van der Waals surface area contributed by atoms with Crippen LogP contribution in [0, 0.1) is 5.92 Å². The van der Waals surface area contributed by atoms with Gasteiger partial charge in [0.25, 0.3) is 0 Å². The second-order valence-electron chi connectivity index (χ2n) is 6.08. The van der Waals surface area contributed by atoms with Crippen molar-refractivity contribution in [3.05, 3.63) is 48.0 Å². The Morgan fingerprint density at radius 3 is 2.74 bits per heavy atom. The molecule has 0 bridgehead atoms. The fourth-order valence-corrected chi connectivity index (χ4v) is 4.02. The van der Waals surface area contributed by atoms with E-state index in [0.717, 1.165) is 12.5 Å². The predicted molar refractivity (Wildman–Crippen MR) is 81.2 cm³/mol. The minimum Gasteiger partial charge on any atom is -0.292 e. The van der Waals surface area contributed by atoms with Crippen molar-refractivity contribution >= 4 is 0 Å². The lowest BCUT2D eigenvalue weighted by atomic mass is 9.77. The summed E-state index contributed by atoms with van der Waals surface area (Å²) in [5.41, 5.74) is 3.18. The Hall–Kier alpha value is -1.08. The minimum absolute atomic E-state index is 0.642. The summed E-state index contributed by atoms with van der Waals surface area (Å²) < 4.78 is 0. The Kier molecular flexibility index (Phi) is 4.03. The standard InChI is InChI=1S/C18H25N/c1-2-13-19-14-12-15-8-6-7-11-17(15)18(19)16-9-4-3-5-10-16/h2,6-8,11,16,18H,1,3-5,9-10,12-14H2/t18-/m1/s1. The molecule has 0 N–H and O–H groups in total. The molecule has 1 aliphatic heterocycles. The Morgan fingerprint density at radius 2 is 1.95 bits per heavy atom. The quantitative estimate of drug-likeness (QED) is 0.726. The van der Waals surface area contributed by atoms with Crippen LogP contribution in [0.5, 0.6) is 0 Å². The Bertz CT molecular complexity index is 431. The van der Waals surface area contributed by atoms with Crippen LogP contribution in [-0.2, 0) is 6.42 Å². The third-order valence-electron chi connectivity index (χ3n) is 4.90. The number of rotatable bonds is 3. The lowest BCUT2D eigenvalue weighted by molar-refractivity contribution is 0.119. The summed E-state index contributed by atoms with van der Waals surface area (Å²) in [7, 11) is 0. The highest BCUT2D eigenvalue weighted by atomic mass is 15.2. The molecule has 3 rings (SSSR count). The number of hydrogen-bond donors (Lipinski definition) is 0. The molecule has 1 heterocycles. The van der Waals surface area contributed by atoms with E-state index in [1.165, 1.54) is 45.1 Å². The van der Waals surface area contributed by atoms with E-state index in [1.807, 2.05) is 0 Å². The van der Waals surface area contributed by atoms with Gasteiger partial charge in [0.1, 0.15) is 0 Å². The molecule has 2 aliphatic rings. The molecule has 1 aromatic carbocycles. The van der Waals surface area contributed by atoms with E-state index in [0.29, 0.717) is 6.04 Å². The zero-order valence-electron chi connectivity index (χ0n) is 11.9. The van der Waals surface area contributed by atoms with Crippen molar-refractivity contribution < 1.29 is 0 Å². The maximum absolute atomic E-state index is 3.95. The van der Waals surface area contributed by atoms with Crippen molar-refractivity contribution in [2.45, 2.75) is 44.6 Å². The van der Waals surface area contributed by atoms with Crippen LogP contribution >= 0.6 is 0 Å². The molecule has 1 fully saturated rings. The molecule has 1 heteroatoms. The molecule has 19 heavy (non-hydrogen) atoms. The van der Waals surface area contributed by atoms with E-state index >= 15 is 0 Å². The first kappa shape index (κ1) is 12.9. The van der Waals surface area contributed by atoms with Gasteiger partial charge in [0.05, 0.1) is 0 Å². The van der Waals surface area contributed by atoms with E-state index in [-0.39, 0.29) is 0 Å². The van der Waals surface area contributed by atoms with E-state index < -0.39 is 0 Å². The zero-order chi connectivity index (χ0) is 13.1. The molecule has 0 amide bonds. The van der Waals surface area contributed by atoms with Gasteiger partial charge in [-0.1, -0.05) is 49.6 Å². The molecule has 102 valence electrons. The van der Waals surface area contributed by atoms with E-state index in [1.54, 1.807) is 11.1 Å². The molecule has 0 radical (unpaired) electrons. The maximum atomic E-state index is 3.95. The van der Waals surface area contributed by atoms with Crippen molar-refractivity contribution in [1.29, 1.82) is 0 Å². The van der Waals surface area contributed by atoms with Gasteiger partial charge < -0.3 is 0 Å². The first-order chi connectivity index (χ1) is 9.40. The summed E-state index contributed by atoms with van der Waals surface area (Å²) in [6.45, 7) is 6.18. The SMILES string of the molecule is C=CCN1CCc2ccccc2[C@H]1C1CCCCC1. The van der Waals surface area contributed by atoms with Gasteiger partial charge in [-0.05, 0) is 36.3 Å². The number of fused-ring (bicyclic) bond motifs is 1. The van der Waals surface area contributed by atoms with Crippen molar-refractivity contribution in [3.63, 3.8) is 0 Å². The van der Waals surface area contributed by atoms with Crippen LogP contribution in [-0.4, -0.2) is 18.0 Å². The second-order valence-corrected chi connectivity index (χ2v) is 6.08. The summed E-state index contributed by atoms with van der Waals surface area (Å²) in [6.07, 6.45) is 10.4. The smallest absolute Gasteiger partial charge is 0.0382 e. The largest absolute Gasteiger partial charge is 0.292 e. The Balaban J connectivity index is 1.91. The van der Waals surface area contributed by atoms with Crippen LogP contribution in [0.1, 0.15) is 49.3 Å². The van der Waals surface area contributed by atoms with Crippen LogP contribution in [0.4, 0.5) is 0 Å². The average Bonchev–Trinajstić information content (AvgIpc) is 2.48. The van der Waals surface area contributed by atoms with Gasteiger partial charge in [0.2, 0.25) is 0 Å². The number of hydrogen-bond acceptors (Lipinski definition) is 1. The molecule has 0 spiro atoms. The second kappa shape index (κ2) is 5.92. The van der Waals surface area contributed by atoms with Crippen LogP contribution in [0.2, 0.25) is 0 Å². The summed E-state index contributed by atoms with van der Waals surface area (Å²) in [5.74, 6) is 0.857. The van der Waals surface area contributed by atoms with Crippen LogP contribution in [0.3, 0.4) is 0 Å². The third-order valence-corrected chi connectivity index (χ3v) is 4.90. The summed E-state index contributed by atoms with van der Waals surface area (Å²) >= 11 is 0. The third kappa shape index (κ3) is 2.62. The predicted octanol–water partition coefficient (Wildman–Crippen LogP) is 4.35. The molecule has 1 aliphatic carbocycles. The topological polar surface area (TPSA) is 3.24 Å². The summed E-state index contributed by atoms with van der Waals surface area (Å²) in [5, 5.41) is 0. The molecular formula is C18H25N. The number of benzene rings is 1. The van der Waals surface area contributed by atoms with Gasteiger partial charge in [-0.2, -0.15) is 0 Å². The van der Waals surface area contributed by atoms with Gasteiger partial charge >= 0.3 is 0 Å². The van der Waals surface area contributed by atoms with E-state index in [2.05, 4.69) is 41.8 Å². The van der Waals surface area contributed by atoms with Crippen LogP contribution in [0.15, 0.2) is 36.9 Å². The highest BCUT2D eigenvalue weighted by Gasteiger charge is 2.33. The average molecular weight is 255 g/mol. The van der Waals surface area contributed by atoms with Crippen molar-refractivity contribution in [2.75, 3.05) is 13.1 Å². The molecule has 1 saturated carbocycles. The fraction of sp³-hybridized carbons (Fsp3) is 0.556. The summed E-state index contributed by atoms with van der Waals surface area (Å²) in [4.78, 5) is 2.66. The minimum atomic E-state index is 0.642. The van der Waals surface area contributed by atoms with Gasteiger partial charge in [-0.3, -0.25) is 4.90 Å². The fourth-order valence-electron chi connectivity index (χ4n) is 4.02. The zero-order valence-corrected chi connectivity index (χ0v) is 11.9. The molecule has 0 unspecified atom stereocenters. The molecule has 1 atom stereocenters. The molecule has 1 aromatic rings. The maximum Gasteiger partial charge on any atom is 0.0382 e. The monoisotopic (exact) mass is 255 g/mol. The molecular weight excluding hydrogens is 230 g/mol. The number of nitrogens with zero attached hydrogens (tertiary/aromatic N) is 1. The summed E-state index contributed by atoms with van der Waals surface area (Å²) in [6, 6.07) is 9.75. The van der Waals surface area contributed by atoms with Gasteiger partial charge in [0, 0.05) is 19.1 Å². The van der Waals surface area contributed by atoms with Crippen LogP contribution < -0.4 is 0 Å². The van der Waals surface area contributed by atoms with Crippen molar-refractivity contribution in [3.8, 4) is 0 Å². The Morgan fingerprint density at radius 1 is 1.16 bits per heavy atom. The van der Waals surface area contributed by atoms with Gasteiger partial charge in [0.15, 0.2) is 0 Å². The van der Waals surface area contributed by atoms with Gasteiger partial charge in [-0.15, -0.1) is 6.58 Å². The highest BCUT2D eigenvalue weighted by molar-refractivity contribution is 5.33. The first-order valence-corrected chi connectivity index (χ1v) is 7.83. The van der Waals surface area contributed by atoms with E-state index in [9.17, 15) is 0 Å². The van der Waals surface area contributed by atoms with Crippen LogP contribution in [0.25, 0.3) is 0 Å². The van der Waals surface area contributed by atoms with Crippen molar-refractivity contribution in [2.24, 2.45) is 5.92 Å². The normalized spacial score (nSPS) is 24.9. The lowest BCUT2D eigenvalue weighted by Crippen LogP contribution is -2.40. The van der Waals surface area contributed by atoms with Crippen molar-refractivity contribution in [1.82, 2.24) is 4.90 Å². The first-order valence-electron chi connectivity index (χ1n) is 7.83.